The number of aliphatic hydroxyl groups is 1. The second kappa shape index (κ2) is 13.9. The summed E-state index contributed by atoms with van der Waals surface area (Å²) in [5.41, 5.74) is 6.38. The molecule has 0 unspecified atom stereocenters. The summed E-state index contributed by atoms with van der Waals surface area (Å²) in [5, 5.41) is 11.8. The van der Waals surface area contributed by atoms with Gasteiger partial charge in [0.15, 0.2) is 5.78 Å². The minimum atomic E-state index is -1.93. The number of fused-ring (bicyclic) bond motifs is 2. The molecule has 0 bridgehead atoms. The summed E-state index contributed by atoms with van der Waals surface area (Å²) in [7, 11) is 0. The van der Waals surface area contributed by atoms with E-state index in [4.69, 9.17) is 15.1 Å². The molecule has 2 aromatic heterocycles. The number of hydrogen-bond acceptors (Lipinski definition) is 5. The van der Waals surface area contributed by atoms with Crippen LogP contribution in [0.3, 0.4) is 0 Å². The molecule has 0 saturated carbocycles. The number of carbonyl (C=O) groups is 1. The van der Waals surface area contributed by atoms with Crippen LogP contribution in [0.25, 0.3) is 53.9 Å². The van der Waals surface area contributed by atoms with Gasteiger partial charge in [-0.1, -0.05) is 18.2 Å². The number of aromatic nitrogens is 2. The van der Waals surface area contributed by atoms with Gasteiger partial charge in [-0.25, -0.2) is 0 Å². The van der Waals surface area contributed by atoms with E-state index in [0.717, 1.165) is 43.2 Å². The van der Waals surface area contributed by atoms with Crippen molar-refractivity contribution < 1.29 is 30.0 Å². The van der Waals surface area contributed by atoms with Crippen molar-refractivity contribution >= 4 is 55.8 Å². The van der Waals surface area contributed by atoms with E-state index in [1.807, 2.05) is 12.3 Å². The van der Waals surface area contributed by atoms with Gasteiger partial charge in [0.05, 0.1) is 5.76 Å². The van der Waals surface area contributed by atoms with Crippen molar-refractivity contribution in [3.8, 4) is 33.0 Å². The third-order valence-electron chi connectivity index (χ3n) is 6.82. The third kappa shape index (κ3) is 7.76. The van der Waals surface area contributed by atoms with Crippen LogP contribution in [-0.2, 0) is 24.9 Å². The van der Waals surface area contributed by atoms with Crippen LogP contribution in [0.5, 0.6) is 0 Å². The van der Waals surface area contributed by atoms with Crippen molar-refractivity contribution in [1.29, 1.82) is 0 Å². The molecule has 6 aromatic rings. The van der Waals surface area contributed by atoms with Gasteiger partial charge in [0, 0.05) is 26.2 Å². The van der Waals surface area contributed by atoms with Crippen LogP contribution in [0, 0.1) is 6.07 Å². The van der Waals surface area contributed by atoms with Crippen molar-refractivity contribution in [2.24, 2.45) is 0 Å². The second-order valence-corrected chi connectivity index (χ2v) is 22.9. The fourth-order valence-corrected chi connectivity index (χ4v) is 8.24. The first-order chi connectivity index (χ1) is 20.1. The number of nitrogens with zero attached hydrogens (tertiary/aromatic N) is 2. The second-order valence-electron chi connectivity index (χ2n) is 11.3. The summed E-state index contributed by atoms with van der Waals surface area (Å²) in [6.07, 6.45) is 3.10. The number of ketones is 1. The van der Waals surface area contributed by atoms with Crippen LogP contribution in [0.2, 0.25) is 17.3 Å². The van der Waals surface area contributed by atoms with E-state index in [1.165, 1.54) is 35.1 Å². The smallest absolute Gasteiger partial charge is 0 e. The van der Waals surface area contributed by atoms with E-state index in [9.17, 15) is 4.79 Å². The molecule has 4 aromatic carbocycles. The Kier molecular flexibility index (Phi) is 10.5. The van der Waals surface area contributed by atoms with Crippen molar-refractivity contribution in [2.75, 3.05) is 0 Å². The van der Waals surface area contributed by atoms with Crippen LogP contribution >= 0.6 is 11.3 Å². The number of pyridine rings is 1. The predicted molar refractivity (Wildman–Crippen MR) is 180 cm³/mol. The molecule has 7 heteroatoms. The normalized spacial score (nSPS) is 11.5. The van der Waals surface area contributed by atoms with E-state index >= 15 is 0 Å². The van der Waals surface area contributed by atoms with Gasteiger partial charge >= 0.3 is 195 Å². The van der Waals surface area contributed by atoms with Gasteiger partial charge in [0.1, 0.15) is 0 Å². The molecular weight excluding hydrogens is 789 g/mol. The molecule has 1 N–H and O–H groups in total. The Hall–Kier alpha value is -3.42. The summed E-state index contributed by atoms with van der Waals surface area (Å²) >= 11 is -0.233. The number of rotatable bonds is 5. The molecule has 0 fully saturated rings. The van der Waals surface area contributed by atoms with E-state index in [1.54, 1.807) is 11.3 Å². The van der Waals surface area contributed by atoms with Crippen molar-refractivity contribution in [2.45, 2.75) is 31.1 Å². The maximum absolute atomic E-state index is 10.0. The van der Waals surface area contributed by atoms with Crippen LogP contribution < -0.4 is 4.40 Å². The Labute approximate surface area is 273 Å². The molecule has 0 aliphatic heterocycles. The number of benzene rings is 4. The molecule has 4 nitrogen and oxygen atoms in total. The Bertz CT molecular complexity index is 1910. The maximum atomic E-state index is 10.0. The first kappa shape index (κ1) is 32.5. The molecule has 0 atom stereocenters. The van der Waals surface area contributed by atoms with Crippen molar-refractivity contribution in [3.05, 3.63) is 115 Å². The Morgan fingerprint density at radius 1 is 0.884 bits per heavy atom. The van der Waals surface area contributed by atoms with Crippen LogP contribution in [0.4, 0.5) is 0 Å². The summed E-state index contributed by atoms with van der Waals surface area (Å²) in [6.45, 7) is 2.85. The molecule has 219 valence electrons. The number of hydrogen-bond donors (Lipinski definition) is 1. The molecule has 0 saturated heterocycles. The van der Waals surface area contributed by atoms with E-state index in [0.29, 0.717) is 0 Å². The maximum Gasteiger partial charge on any atom is 0 e. The zero-order valence-corrected chi connectivity index (χ0v) is 30.1. The number of carbonyl (C=O) groups excluding carboxylic acids is 1. The Morgan fingerprint density at radius 3 is 2.12 bits per heavy atom. The van der Waals surface area contributed by atoms with Gasteiger partial charge in [-0.3, -0.25) is 4.79 Å². The first-order valence-corrected chi connectivity index (χ1v) is 22.0. The van der Waals surface area contributed by atoms with Gasteiger partial charge in [-0.2, -0.15) is 0 Å². The quantitative estimate of drug-likeness (QED) is 0.0816. The molecule has 1 radical (unpaired) electrons. The average molecular weight is 823 g/mol. The predicted octanol–water partition coefficient (Wildman–Crippen LogP) is 9.23. The molecule has 43 heavy (non-hydrogen) atoms. The van der Waals surface area contributed by atoms with E-state index < -0.39 is 13.3 Å². The number of aliphatic hydroxyl groups excluding tert-OH is 1. The average Bonchev–Trinajstić information content (AvgIpc) is 3.40. The monoisotopic (exact) mass is 824 g/mol. The van der Waals surface area contributed by atoms with Gasteiger partial charge in [0.25, 0.3) is 0 Å². The number of thiazole rings is 1. The van der Waals surface area contributed by atoms with Crippen LogP contribution in [-0.4, -0.2) is 34.1 Å². The summed E-state index contributed by atoms with van der Waals surface area (Å²) in [6, 6.07) is 35.9. The van der Waals surface area contributed by atoms with Gasteiger partial charge in [-0.05, 0) is 13.8 Å². The van der Waals surface area contributed by atoms with Gasteiger partial charge in [-0.15, -0.1) is 0 Å². The van der Waals surface area contributed by atoms with Crippen LogP contribution in [0.1, 0.15) is 13.8 Å². The largest absolute Gasteiger partial charge is 0 e. The van der Waals surface area contributed by atoms with Gasteiger partial charge < -0.3 is 5.11 Å². The fourth-order valence-electron chi connectivity index (χ4n) is 4.78. The van der Waals surface area contributed by atoms with Gasteiger partial charge in [0.2, 0.25) is 0 Å². The topological polar surface area (TPSA) is 63.1 Å². The fraction of sp³-hybridized carbons (Fsp3) is 0.139. The molecular formula is C36H33GeIrN2O2S-. The molecule has 2 heterocycles. The van der Waals surface area contributed by atoms with E-state index in [2.05, 4.69) is 108 Å². The van der Waals surface area contributed by atoms with Crippen LogP contribution in [0.15, 0.2) is 109 Å². The summed E-state index contributed by atoms with van der Waals surface area (Å²) < 4.78 is 2.56. The molecule has 0 amide bonds. The zero-order valence-electron chi connectivity index (χ0n) is 24.8. The summed E-state index contributed by atoms with van der Waals surface area (Å²) in [5.74, 6) is 7.24. The Morgan fingerprint density at radius 2 is 1.53 bits per heavy atom. The number of allylic oxidation sites excluding steroid dienone is 2. The third-order valence-corrected chi connectivity index (χ3v) is 12.1. The molecule has 0 aliphatic carbocycles. The SMILES string of the molecule is CC(=O)/C=C(/C)O.[CH3][Ge]([CH3])([CH3])[c]1ccc2c(-c3[c-]c4sc(-c5ccccc5)nc4c(-c4ccccc4)c3)nccc2c1.[Ir]. The van der Waals surface area contributed by atoms with Crippen molar-refractivity contribution in [3.63, 3.8) is 0 Å². The molecule has 0 spiro atoms. The zero-order chi connectivity index (χ0) is 29.9. The van der Waals surface area contributed by atoms with Crippen molar-refractivity contribution in [1.82, 2.24) is 9.97 Å². The summed E-state index contributed by atoms with van der Waals surface area (Å²) in [4.78, 5) is 19.9. The minimum absolute atomic E-state index is 0. The minimum Gasteiger partial charge on any atom is 0 e. The van der Waals surface area contributed by atoms with E-state index in [-0.39, 0.29) is 31.6 Å². The Balaban J connectivity index is 0.000000475. The first-order valence-electron chi connectivity index (χ1n) is 13.9. The molecule has 0 aliphatic rings. The molecule has 6 rings (SSSR count). The standard InChI is InChI=1S/C31H25GeN2S.C5H8O2.Ir/c1-32(2,3)25-14-15-26-23(18-25)16-17-33-29(26)24-19-27(21-10-6-4-7-11-21)30-28(20-24)35-31(34-30)22-12-8-5-9-13-22;1-4(6)3-5(2)7;/h4-19H,1-3H3;3,6H,1-2H3;/q-1;;/b;4-3-;.